The second kappa shape index (κ2) is 13.4. The van der Waals surface area contributed by atoms with Gasteiger partial charge in [-0.3, -0.25) is 0 Å². The molecular weight excluding hydrogens is 742 g/mol. The van der Waals surface area contributed by atoms with Crippen molar-refractivity contribution < 1.29 is 43.5 Å². The van der Waals surface area contributed by atoms with Gasteiger partial charge in [0.2, 0.25) is 9.49 Å². The van der Waals surface area contributed by atoms with Gasteiger partial charge in [0.05, 0.1) is 0 Å². The number of hydrogen-bond donors (Lipinski definition) is 0. The third-order valence-electron chi connectivity index (χ3n) is 7.11. The summed E-state index contributed by atoms with van der Waals surface area (Å²) in [6.07, 6.45) is -11.0. The Morgan fingerprint density at radius 2 is 0.830 bits per heavy atom. The number of rotatable bonds is 8. The minimum Gasteiger partial charge on any atom is -0.226 e. The van der Waals surface area contributed by atoms with Crippen LogP contribution in [0.5, 0.6) is 0 Å². The summed E-state index contributed by atoms with van der Waals surface area (Å²) in [5.74, 6) is -1.59. The number of sulfone groups is 1. The average Bonchev–Trinajstić information content (AvgIpc) is 2.95. The molecule has 0 aliphatic rings. The molecule has 0 aromatic heterocycles. The molecule has 0 aliphatic heterocycles. The molecule has 15 heteroatoms. The molecule has 0 N–H and O–H groups in total. The second-order valence-corrected chi connectivity index (χ2v) is 14.0. The molecule has 0 saturated heterocycles. The Labute approximate surface area is 283 Å². The molecule has 4 aromatic rings. The van der Waals surface area contributed by atoms with Gasteiger partial charge >= 0.3 is 12.4 Å². The van der Waals surface area contributed by atoms with Gasteiger partial charge in [0.25, 0.3) is 0 Å². The molecule has 0 radical (unpaired) electrons. The van der Waals surface area contributed by atoms with E-state index in [1.54, 1.807) is 0 Å². The van der Waals surface area contributed by atoms with E-state index in [1.165, 1.54) is 0 Å². The highest BCUT2D eigenvalue weighted by atomic mass is 35.5. The lowest BCUT2D eigenvalue weighted by molar-refractivity contribution is -0.163. The summed E-state index contributed by atoms with van der Waals surface area (Å²) in [6, 6.07) is 11.5. The number of hydrogen-bond acceptors (Lipinski definition) is 2. The fourth-order valence-electron chi connectivity index (χ4n) is 4.86. The van der Waals surface area contributed by atoms with Crippen LogP contribution in [-0.2, 0) is 19.3 Å². The zero-order chi connectivity index (χ0) is 35.0. The first kappa shape index (κ1) is 36.7. The van der Waals surface area contributed by atoms with Crippen LogP contribution in [0, 0.1) is 11.6 Å². The molecule has 4 aromatic carbocycles. The first-order valence-corrected chi connectivity index (χ1v) is 15.9. The molecule has 0 amide bonds. The van der Waals surface area contributed by atoms with Gasteiger partial charge in [0, 0.05) is 31.2 Å². The minimum atomic E-state index is -6.86. The van der Waals surface area contributed by atoms with Crippen molar-refractivity contribution in [2.45, 2.75) is 21.8 Å². The maximum absolute atomic E-state index is 15.7. The fraction of sp³-hybridized carbons (Fsp3) is 0.125. The fourth-order valence-corrected chi connectivity index (χ4v) is 8.63. The minimum absolute atomic E-state index is 0.000731. The van der Waals surface area contributed by atoms with Gasteiger partial charge in [-0.25, -0.2) is 17.2 Å². The Kier molecular flexibility index (Phi) is 10.5. The summed E-state index contributed by atoms with van der Waals surface area (Å²) in [5.41, 5.74) is -3.07. The van der Waals surface area contributed by atoms with E-state index in [0.717, 1.165) is 72.8 Å². The van der Waals surface area contributed by atoms with Gasteiger partial charge in [-0.05, 0) is 71.8 Å². The number of alkyl halides is 6. The van der Waals surface area contributed by atoms with Gasteiger partial charge in [0.15, 0.2) is 9.84 Å². The maximum atomic E-state index is 15.7. The van der Waals surface area contributed by atoms with Crippen LogP contribution in [0.1, 0.15) is 22.3 Å². The largest absolute Gasteiger partial charge is 0.415 e. The normalized spacial score (nSPS) is 15.6. The van der Waals surface area contributed by atoms with E-state index in [2.05, 4.69) is 0 Å². The van der Waals surface area contributed by atoms with Gasteiger partial charge in [-0.1, -0.05) is 95.0 Å². The summed E-state index contributed by atoms with van der Waals surface area (Å²) < 4.78 is 142. The van der Waals surface area contributed by atoms with Crippen LogP contribution in [-0.4, -0.2) is 20.8 Å². The van der Waals surface area contributed by atoms with Crippen molar-refractivity contribution in [2.75, 3.05) is 0 Å². The van der Waals surface area contributed by atoms with E-state index in [4.69, 9.17) is 46.4 Å². The summed E-state index contributed by atoms with van der Waals surface area (Å²) in [7, 11) is -6.86. The Hall–Kier alpha value is -3.09. The zero-order valence-electron chi connectivity index (χ0n) is 23.2. The molecule has 248 valence electrons. The van der Waals surface area contributed by atoms with Crippen LogP contribution in [0.3, 0.4) is 0 Å². The lowest BCUT2D eigenvalue weighted by Crippen LogP contribution is -2.60. The Morgan fingerprint density at radius 3 is 1.11 bits per heavy atom. The molecule has 2 nitrogen and oxygen atoms in total. The van der Waals surface area contributed by atoms with Crippen LogP contribution < -0.4 is 0 Å². The monoisotopic (exact) mass is 758 g/mol. The van der Waals surface area contributed by atoms with E-state index in [1.807, 2.05) is 0 Å². The molecule has 0 spiro atoms. The summed E-state index contributed by atoms with van der Waals surface area (Å²) in [6.45, 7) is 0. The maximum Gasteiger partial charge on any atom is 0.415 e. The van der Waals surface area contributed by atoms with Crippen LogP contribution in [0.25, 0.3) is 12.2 Å². The third-order valence-corrected chi connectivity index (χ3v) is 11.1. The van der Waals surface area contributed by atoms with Crippen molar-refractivity contribution in [3.63, 3.8) is 0 Å². The van der Waals surface area contributed by atoms with Crippen molar-refractivity contribution in [2.24, 2.45) is 0 Å². The number of halogens is 12. The first-order chi connectivity index (χ1) is 21.8. The molecule has 0 aliphatic carbocycles. The smallest absolute Gasteiger partial charge is 0.226 e. The Bertz CT molecular complexity index is 1810. The average molecular weight is 760 g/mol. The van der Waals surface area contributed by atoms with Crippen molar-refractivity contribution in [3.8, 4) is 0 Å². The van der Waals surface area contributed by atoms with E-state index < -0.39 is 64.5 Å². The highest BCUT2D eigenvalue weighted by Crippen LogP contribution is 2.60. The molecule has 2 unspecified atom stereocenters. The number of benzene rings is 4. The zero-order valence-corrected chi connectivity index (χ0v) is 27.0. The summed E-state index contributed by atoms with van der Waals surface area (Å²) in [5, 5.41) is -2.39. The first-order valence-electron chi connectivity index (χ1n) is 12.9. The molecular formula is C32H18Cl4F8O2S. The van der Waals surface area contributed by atoms with Gasteiger partial charge in [-0.15, -0.1) is 0 Å². The Balaban J connectivity index is 2.26. The topological polar surface area (TPSA) is 34.1 Å². The lowest BCUT2D eigenvalue weighted by Gasteiger charge is -2.43. The molecule has 47 heavy (non-hydrogen) atoms. The van der Waals surface area contributed by atoms with Crippen molar-refractivity contribution >= 4 is 68.4 Å². The van der Waals surface area contributed by atoms with Crippen LogP contribution in [0.15, 0.2) is 97.1 Å². The summed E-state index contributed by atoms with van der Waals surface area (Å²) >= 11 is 24.1. The lowest BCUT2D eigenvalue weighted by atomic mass is 9.94. The predicted molar refractivity (Wildman–Crippen MR) is 168 cm³/mol. The predicted octanol–water partition coefficient (Wildman–Crippen LogP) is 11.6. The van der Waals surface area contributed by atoms with E-state index >= 15 is 26.3 Å². The van der Waals surface area contributed by atoms with Gasteiger partial charge in [-0.2, -0.15) is 26.3 Å². The second-order valence-electron chi connectivity index (χ2n) is 9.99. The van der Waals surface area contributed by atoms with E-state index in [-0.39, 0.29) is 33.3 Å². The highest BCUT2D eigenvalue weighted by Gasteiger charge is 2.76. The van der Waals surface area contributed by atoms with E-state index in [9.17, 15) is 17.2 Å². The van der Waals surface area contributed by atoms with Crippen LogP contribution >= 0.6 is 46.4 Å². The van der Waals surface area contributed by atoms with Crippen LogP contribution in [0.4, 0.5) is 35.1 Å². The quantitative estimate of drug-likeness (QED) is 0.168. The van der Waals surface area contributed by atoms with Crippen molar-refractivity contribution in [3.05, 3.63) is 151 Å². The molecule has 0 fully saturated rings. The summed E-state index contributed by atoms with van der Waals surface area (Å²) in [4.78, 5) is 0. The molecule has 2 atom stereocenters. The highest BCUT2D eigenvalue weighted by molar-refractivity contribution is 7.93. The van der Waals surface area contributed by atoms with Gasteiger partial charge in [0.1, 0.15) is 11.6 Å². The standard InChI is InChI=1S/C32H18Cl4F8O2S/c33-21-5-11-25(27(35)17-21)29(31(39,40)41,15-13-19-1-7-23(37)8-2-19)47(45,46)30(32(42,43)44,26-12-6-22(34)18-28(26)36)16-14-20-3-9-24(38)10-4-20/h1-18H. The van der Waals surface area contributed by atoms with Crippen LogP contribution in [0.2, 0.25) is 20.1 Å². The van der Waals surface area contributed by atoms with Crippen molar-refractivity contribution in [1.82, 2.24) is 0 Å². The third kappa shape index (κ3) is 6.78. The SMILES string of the molecule is O=S(=O)(C(C=Cc1ccc(F)cc1)(c1ccc(Cl)cc1Cl)C(F)(F)F)C(C=Cc1ccc(F)cc1)(c1ccc(Cl)cc1Cl)C(F)(F)F. The molecule has 0 saturated carbocycles. The molecule has 0 heterocycles. The Morgan fingerprint density at radius 1 is 0.511 bits per heavy atom. The van der Waals surface area contributed by atoms with Crippen molar-refractivity contribution in [1.29, 1.82) is 0 Å². The van der Waals surface area contributed by atoms with E-state index in [0.29, 0.717) is 24.3 Å². The molecule has 0 bridgehead atoms. The van der Waals surface area contributed by atoms with Gasteiger partial charge < -0.3 is 0 Å². The molecule has 4 rings (SSSR count).